The van der Waals surface area contributed by atoms with Crippen molar-refractivity contribution in [1.29, 1.82) is 0 Å². The van der Waals surface area contributed by atoms with Gasteiger partial charge in [0.05, 0.1) is 25.9 Å². The summed E-state index contributed by atoms with van der Waals surface area (Å²) in [6.07, 6.45) is 3.88. The molecule has 0 spiro atoms. The van der Waals surface area contributed by atoms with Gasteiger partial charge in [-0.2, -0.15) is 0 Å². The van der Waals surface area contributed by atoms with Crippen LogP contribution in [0.4, 0.5) is 21.2 Å². The zero-order chi connectivity index (χ0) is 54.9. The molecule has 10 N–H and O–H groups in total. The lowest BCUT2D eigenvalue weighted by atomic mass is 9.94. The average molecular weight is 1170 g/mol. The number of benzene rings is 2. The van der Waals surface area contributed by atoms with E-state index in [0.717, 1.165) is 56.3 Å². The Hall–Kier alpha value is -6.79. The van der Waals surface area contributed by atoms with Crippen molar-refractivity contribution in [1.82, 2.24) is 48.8 Å². The fourth-order valence-electron chi connectivity index (χ4n) is 9.12. The van der Waals surface area contributed by atoms with E-state index in [1.807, 2.05) is 72.8 Å². The molecule has 4 aromatic heterocycles. The van der Waals surface area contributed by atoms with Gasteiger partial charge in [0.15, 0.2) is 39.2 Å². The SMILES string of the molecule is C#CCC1CCN(C(=O)Oc2ccc(C)cc2)CC1.Cc1ccc(OC(=O)N2CCC(CC#Cc3nc(N)c4ncn([C@@H]5O[C@H](CO)C(O)[C@@H]5O)c4n3)CC2)cc1.Nc1nc(I)nc2c1ncn2[C@@H]1O[C@H](CO)C(O)[C@@H]1O. The summed E-state index contributed by atoms with van der Waals surface area (Å²) in [4.78, 5) is 53.1. The molecule has 2 unspecified atom stereocenters. The number of terminal acetylenes is 1. The van der Waals surface area contributed by atoms with Crippen LogP contribution in [0.1, 0.15) is 67.9 Å². The van der Waals surface area contributed by atoms with E-state index >= 15 is 0 Å². The normalized spacial score (nSPS) is 23.5. The molecule has 8 heterocycles. The minimum Gasteiger partial charge on any atom is -0.410 e. The van der Waals surface area contributed by atoms with E-state index in [1.165, 1.54) is 21.8 Å². The van der Waals surface area contributed by atoms with Gasteiger partial charge < -0.3 is 70.9 Å². The Morgan fingerprint density at radius 2 is 1.09 bits per heavy atom. The molecule has 10 rings (SSSR count). The number of aromatic nitrogens is 8. The Kier molecular flexibility index (Phi) is 18.7. The van der Waals surface area contributed by atoms with Crippen molar-refractivity contribution in [3.05, 3.63) is 82.0 Å². The van der Waals surface area contributed by atoms with Gasteiger partial charge in [-0.3, -0.25) is 9.13 Å². The number of nitrogen functional groups attached to an aromatic ring is 2. The quantitative estimate of drug-likeness (QED) is 0.0617. The lowest BCUT2D eigenvalue weighted by Gasteiger charge is -2.30. The van der Waals surface area contributed by atoms with Crippen molar-refractivity contribution >= 4 is 68.7 Å². The molecule has 4 saturated heterocycles. The van der Waals surface area contributed by atoms with Crippen molar-refractivity contribution < 1.29 is 59.2 Å². The second kappa shape index (κ2) is 25.6. The number of fused-ring (bicyclic) bond motifs is 2. The number of piperidine rings is 2. The van der Waals surface area contributed by atoms with E-state index in [1.54, 1.807) is 21.9 Å². The van der Waals surface area contributed by atoms with Crippen LogP contribution >= 0.6 is 22.6 Å². The summed E-state index contributed by atoms with van der Waals surface area (Å²) in [5, 5.41) is 58.8. The summed E-state index contributed by atoms with van der Waals surface area (Å²) in [5.41, 5.74) is 15.5. The number of nitrogens with two attached hydrogens (primary N) is 2. The number of rotatable bonds is 8. The molecule has 25 heteroatoms. The van der Waals surface area contributed by atoms with Gasteiger partial charge in [-0.15, -0.1) is 12.3 Å². The summed E-state index contributed by atoms with van der Waals surface area (Å²) in [5.74, 6) is 11.3. The minimum absolute atomic E-state index is 0.130. The van der Waals surface area contributed by atoms with Crippen molar-refractivity contribution in [2.24, 2.45) is 11.8 Å². The van der Waals surface area contributed by atoms with E-state index in [9.17, 15) is 35.1 Å². The van der Waals surface area contributed by atoms with Crippen LogP contribution < -0.4 is 20.9 Å². The monoisotopic (exact) mass is 1170 g/mol. The maximum atomic E-state index is 12.5. The Morgan fingerprint density at radius 3 is 1.52 bits per heavy atom. The third-order valence-electron chi connectivity index (χ3n) is 13.6. The van der Waals surface area contributed by atoms with Gasteiger partial charge in [0.2, 0.25) is 5.82 Å². The van der Waals surface area contributed by atoms with E-state index in [2.05, 4.69) is 47.7 Å². The lowest BCUT2D eigenvalue weighted by Crippen LogP contribution is -2.40. The van der Waals surface area contributed by atoms with E-state index in [4.69, 9.17) is 41.9 Å². The minimum atomic E-state index is -1.28. The number of ether oxygens (including phenoxy) is 4. The second-order valence-corrected chi connectivity index (χ2v) is 20.0. The molecular formula is C52H61IN12O12. The van der Waals surface area contributed by atoms with Crippen molar-refractivity contribution in [2.45, 2.75) is 101 Å². The number of aryl methyl sites for hydroxylation is 2. The molecule has 0 radical (unpaired) electrons. The van der Waals surface area contributed by atoms with Crippen LogP contribution in [0.5, 0.6) is 11.5 Å². The highest BCUT2D eigenvalue weighted by atomic mass is 127. The first kappa shape index (κ1) is 56.4. The van der Waals surface area contributed by atoms with Gasteiger partial charge in [0, 0.05) is 61.6 Å². The molecule has 77 heavy (non-hydrogen) atoms. The Morgan fingerprint density at radius 1 is 0.662 bits per heavy atom. The number of anilines is 2. The van der Waals surface area contributed by atoms with Gasteiger partial charge in [-0.25, -0.2) is 39.5 Å². The summed E-state index contributed by atoms with van der Waals surface area (Å²) < 4.78 is 25.2. The molecule has 4 aliphatic heterocycles. The first-order valence-corrected chi connectivity index (χ1v) is 26.0. The number of hydrogen-bond acceptors (Lipinski definition) is 20. The molecule has 24 nitrogen and oxygen atoms in total. The Labute approximate surface area is 456 Å². The topological polar surface area (TPSA) is 338 Å². The van der Waals surface area contributed by atoms with Crippen LogP contribution in [-0.4, -0.2) is 168 Å². The average Bonchev–Trinajstić information content (AvgIpc) is 4.28. The number of imidazole rings is 2. The second-order valence-electron chi connectivity index (χ2n) is 19.1. The van der Waals surface area contributed by atoms with Crippen molar-refractivity contribution in [3.63, 3.8) is 0 Å². The lowest BCUT2D eigenvalue weighted by molar-refractivity contribution is -0.0511. The van der Waals surface area contributed by atoms with Crippen LogP contribution in [0.3, 0.4) is 0 Å². The Balaban J connectivity index is 0.000000169. The van der Waals surface area contributed by atoms with Gasteiger partial charge in [0.1, 0.15) is 59.2 Å². The molecule has 4 aliphatic rings. The first-order valence-electron chi connectivity index (χ1n) is 24.9. The van der Waals surface area contributed by atoms with Crippen LogP contribution in [0, 0.1) is 53.7 Å². The standard InChI is InChI=1S/C26H30N6O6.C16H19NO2.C10H12IN5O4/c1-15-5-7-17(8-6-15)37-26(36)31-11-9-16(10-12-31)3-2-4-19-29-23(27)20-24(30-19)32(14-28-20)25-22(35)21(34)18(13-33)38-25;1-3-4-14-9-11-17(12-10-14)16(18)19-15-7-5-13(2)6-8-15;11-10-14-7(12)4-8(15-10)16(2-13-4)9-6(19)5(18)3(1-17)20-9/h5-8,14,16,18,21-22,25,33-35H,3,9-13H2,1H3,(H2,27,29,30);1,5-8,14H,4,9-12H2,2H3;2-3,5-6,9,17-19H,1H2,(H2,12,14,15)/t18-,21?,22+,25-;;3-,5?,6+,9-/m1.1/s1. The van der Waals surface area contributed by atoms with Gasteiger partial charge in [0.25, 0.3) is 0 Å². The van der Waals surface area contributed by atoms with Crippen molar-refractivity contribution in [2.75, 3.05) is 50.9 Å². The number of aliphatic hydroxyl groups is 6. The van der Waals surface area contributed by atoms with Crippen LogP contribution in [0.15, 0.2) is 61.2 Å². The molecule has 0 aliphatic carbocycles. The van der Waals surface area contributed by atoms with Crippen LogP contribution in [0.25, 0.3) is 22.3 Å². The molecular weight excluding hydrogens is 1110 g/mol. The molecule has 2 aromatic carbocycles. The number of nitrogens with zero attached hydrogens (tertiary/aromatic N) is 10. The molecule has 0 saturated carbocycles. The maximum Gasteiger partial charge on any atom is 0.415 e. The number of carbonyl (C=O) groups excluding carboxylic acids is 2. The van der Waals surface area contributed by atoms with Gasteiger partial charge in [-0.05, 0) is 81.6 Å². The molecule has 4 fully saturated rings. The Bertz CT molecular complexity index is 3090. The highest BCUT2D eigenvalue weighted by molar-refractivity contribution is 14.1. The fourth-order valence-corrected chi connectivity index (χ4v) is 9.61. The summed E-state index contributed by atoms with van der Waals surface area (Å²) in [7, 11) is 0. The van der Waals surface area contributed by atoms with E-state index < -0.39 is 62.3 Å². The van der Waals surface area contributed by atoms with Gasteiger partial charge in [-0.1, -0.05) is 41.3 Å². The maximum absolute atomic E-state index is 12.5. The number of hydrogen-bond donors (Lipinski definition) is 8. The highest BCUT2D eigenvalue weighted by Gasteiger charge is 2.45. The van der Waals surface area contributed by atoms with Crippen molar-refractivity contribution in [3.8, 4) is 35.7 Å². The van der Waals surface area contributed by atoms with Crippen LogP contribution in [0.2, 0.25) is 0 Å². The van der Waals surface area contributed by atoms with Crippen LogP contribution in [-0.2, 0) is 9.47 Å². The summed E-state index contributed by atoms with van der Waals surface area (Å²) in [6.45, 7) is 5.80. The summed E-state index contributed by atoms with van der Waals surface area (Å²) >= 11 is 1.92. The molecule has 8 atom stereocenters. The smallest absolute Gasteiger partial charge is 0.410 e. The zero-order valence-electron chi connectivity index (χ0n) is 42.2. The predicted molar refractivity (Wildman–Crippen MR) is 286 cm³/mol. The molecule has 6 aromatic rings. The number of amides is 2. The zero-order valence-corrected chi connectivity index (χ0v) is 44.4. The third kappa shape index (κ3) is 13.5. The third-order valence-corrected chi connectivity index (χ3v) is 14.1. The van der Waals surface area contributed by atoms with E-state index in [0.29, 0.717) is 69.0 Å². The summed E-state index contributed by atoms with van der Waals surface area (Å²) in [6, 6.07) is 14.9. The fraction of sp³-hybridized carbons (Fsp3) is 0.462. The predicted octanol–water partition coefficient (Wildman–Crippen LogP) is 2.83. The first-order chi connectivity index (χ1) is 37.0. The number of carbonyl (C=O) groups is 2. The number of likely N-dealkylation sites (tertiary alicyclic amines) is 2. The number of aliphatic hydroxyl groups excluding tert-OH is 6. The largest absolute Gasteiger partial charge is 0.415 e. The number of halogens is 1. The molecule has 2 amide bonds. The van der Waals surface area contributed by atoms with E-state index in [-0.39, 0.29) is 29.6 Å². The highest BCUT2D eigenvalue weighted by Crippen LogP contribution is 2.34. The molecule has 408 valence electrons. The molecule has 0 bridgehead atoms. The van der Waals surface area contributed by atoms with Gasteiger partial charge >= 0.3 is 12.2 Å².